The third-order valence-corrected chi connectivity index (χ3v) is 3.44. The highest BCUT2D eigenvalue weighted by Gasteiger charge is 2.15. The normalized spacial score (nSPS) is 11.6. The van der Waals surface area contributed by atoms with Crippen LogP contribution in [0.5, 0.6) is 5.75 Å². The van der Waals surface area contributed by atoms with Crippen molar-refractivity contribution in [1.29, 1.82) is 0 Å². The summed E-state index contributed by atoms with van der Waals surface area (Å²) in [4.78, 5) is 0. The maximum atomic E-state index is 5.49. The monoisotopic (exact) mass is 323 g/mol. The molecule has 1 aromatic rings. The molecule has 0 bridgehead atoms. The summed E-state index contributed by atoms with van der Waals surface area (Å²) >= 11 is 3.48. The fraction of sp³-hybridized carbons (Fsp3) is 0.500. The van der Waals surface area contributed by atoms with E-state index in [2.05, 4.69) is 52.1 Å². The van der Waals surface area contributed by atoms with Gasteiger partial charge in [-0.2, -0.15) is 0 Å². The standard InChI is InChI=1S/C16H22BrNO/c1-4-6-7-8-15(18-11-5-2)14-10-9-13(17)12-16(14)19-3/h9-10,12,15,18H,5,7-8,11H2,1-3H3. The van der Waals surface area contributed by atoms with Gasteiger partial charge in [0, 0.05) is 22.5 Å². The van der Waals surface area contributed by atoms with E-state index < -0.39 is 0 Å². The van der Waals surface area contributed by atoms with Crippen molar-refractivity contribution in [1.82, 2.24) is 5.32 Å². The molecule has 0 amide bonds. The van der Waals surface area contributed by atoms with Gasteiger partial charge in [0.25, 0.3) is 0 Å². The summed E-state index contributed by atoms with van der Waals surface area (Å²) in [6.07, 6.45) is 3.02. The Morgan fingerprint density at radius 3 is 2.84 bits per heavy atom. The summed E-state index contributed by atoms with van der Waals surface area (Å²) in [6.45, 7) is 5.06. The highest BCUT2D eigenvalue weighted by molar-refractivity contribution is 9.10. The predicted molar refractivity (Wildman–Crippen MR) is 84.4 cm³/mol. The molecule has 1 atom stereocenters. The molecule has 0 heterocycles. The van der Waals surface area contributed by atoms with Gasteiger partial charge in [0.05, 0.1) is 7.11 Å². The van der Waals surface area contributed by atoms with E-state index in [-0.39, 0.29) is 0 Å². The van der Waals surface area contributed by atoms with Crippen molar-refractivity contribution in [2.75, 3.05) is 13.7 Å². The minimum atomic E-state index is 0.295. The Morgan fingerprint density at radius 1 is 1.42 bits per heavy atom. The van der Waals surface area contributed by atoms with Crippen LogP contribution in [0.25, 0.3) is 0 Å². The number of hydrogen-bond acceptors (Lipinski definition) is 2. The average Bonchev–Trinajstić information content (AvgIpc) is 2.43. The van der Waals surface area contributed by atoms with Crippen molar-refractivity contribution >= 4 is 15.9 Å². The molecule has 0 saturated carbocycles. The lowest BCUT2D eigenvalue weighted by Crippen LogP contribution is -2.22. The Hall–Kier alpha value is -0.980. The minimum Gasteiger partial charge on any atom is -0.496 e. The van der Waals surface area contributed by atoms with Crippen molar-refractivity contribution in [3.63, 3.8) is 0 Å². The lowest BCUT2D eigenvalue weighted by molar-refractivity contribution is 0.395. The van der Waals surface area contributed by atoms with Crippen molar-refractivity contribution in [2.45, 2.75) is 39.2 Å². The van der Waals surface area contributed by atoms with Gasteiger partial charge in [-0.25, -0.2) is 0 Å². The van der Waals surface area contributed by atoms with Crippen LogP contribution in [0.1, 0.15) is 44.7 Å². The van der Waals surface area contributed by atoms with Crippen LogP contribution in [0.4, 0.5) is 0 Å². The lowest BCUT2D eigenvalue weighted by atomic mass is 10.0. The largest absolute Gasteiger partial charge is 0.496 e. The molecule has 0 fully saturated rings. The zero-order valence-corrected chi connectivity index (χ0v) is 13.5. The van der Waals surface area contributed by atoms with Crippen LogP contribution in [0.15, 0.2) is 22.7 Å². The van der Waals surface area contributed by atoms with Crippen molar-refractivity contribution < 1.29 is 4.74 Å². The summed E-state index contributed by atoms with van der Waals surface area (Å²) < 4.78 is 6.53. The van der Waals surface area contributed by atoms with Gasteiger partial charge in [-0.15, -0.1) is 11.8 Å². The zero-order valence-electron chi connectivity index (χ0n) is 11.9. The molecule has 0 aromatic heterocycles. The van der Waals surface area contributed by atoms with Gasteiger partial charge in [0.1, 0.15) is 5.75 Å². The van der Waals surface area contributed by atoms with Crippen LogP contribution in [0, 0.1) is 11.8 Å². The van der Waals surface area contributed by atoms with E-state index in [9.17, 15) is 0 Å². The smallest absolute Gasteiger partial charge is 0.124 e. The highest BCUT2D eigenvalue weighted by atomic mass is 79.9. The fourth-order valence-electron chi connectivity index (χ4n) is 2.00. The third-order valence-electron chi connectivity index (χ3n) is 2.95. The van der Waals surface area contributed by atoms with Crippen molar-refractivity contribution in [3.8, 4) is 17.6 Å². The molecule has 1 rings (SSSR count). The summed E-state index contributed by atoms with van der Waals surface area (Å²) in [6, 6.07) is 6.49. The van der Waals surface area contributed by atoms with Crippen LogP contribution < -0.4 is 10.1 Å². The van der Waals surface area contributed by atoms with Crippen molar-refractivity contribution in [3.05, 3.63) is 28.2 Å². The van der Waals surface area contributed by atoms with E-state index >= 15 is 0 Å². The molecule has 0 saturated heterocycles. The molecule has 104 valence electrons. The Labute approximate surface area is 125 Å². The molecular weight excluding hydrogens is 302 g/mol. The molecule has 2 nitrogen and oxygen atoms in total. The molecule has 0 aliphatic carbocycles. The lowest BCUT2D eigenvalue weighted by Gasteiger charge is -2.20. The first-order chi connectivity index (χ1) is 9.22. The second-order valence-corrected chi connectivity index (χ2v) is 5.27. The molecule has 3 heteroatoms. The van der Waals surface area contributed by atoms with Gasteiger partial charge < -0.3 is 10.1 Å². The van der Waals surface area contributed by atoms with Crippen LogP contribution >= 0.6 is 15.9 Å². The number of ether oxygens (including phenoxy) is 1. The van der Waals surface area contributed by atoms with E-state index in [1.54, 1.807) is 7.11 Å². The SMILES string of the molecule is CC#CCCC(NCCC)c1ccc(Br)cc1OC. The Balaban J connectivity index is 2.90. The Morgan fingerprint density at radius 2 is 2.21 bits per heavy atom. The van der Waals surface area contributed by atoms with Gasteiger partial charge in [-0.1, -0.05) is 28.9 Å². The van der Waals surface area contributed by atoms with Gasteiger partial charge in [0.15, 0.2) is 0 Å². The topological polar surface area (TPSA) is 21.3 Å². The quantitative estimate of drug-likeness (QED) is 0.755. The fourth-order valence-corrected chi connectivity index (χ4v) is 2.34. The summed E-state index contributed by atoms with van der Waals surface area (Å²) in [5.41, 5.74) is 1.21. The maximum absolute atomic E-state index is 5.49. The minimum absolute atomic E-state index is 0.295. The van der Waals surface area contributed by atoms with Gasteiger partial charge in [0.2, 0.25) is 0 Å². The van der Waals surface area contributed by atoms with E-state index in [1.165, 1.54) is 5.56 Å². The average molecular weight is 324 g/mol. The number of halogens is 1. The molecular formula is C16H22BrNO. The molecule has 19 heavy (non-hydrogen) atoms. The van der Waals surface area contributed by atoms with Crippen LogP contribution in [-0.2, 0) is 0 Å². The van der Waals surface area contributed by atoms with E-state index in [0.717, 1.165) is 36.0 Å². The Bertz CT molecular complexity index is 448. The van der Waals surface area contributed by atoms with Crippen LogP contribution in [0.3, 0.4) is 0 Å². The van der Waals surface area contributed by atoms with E-state index in [0.29, 0.717) is 6.04 Å². The van der Waals surface area contributed by atoms with E-state index in [4.69, 9.17) is 4.74 Å². The number of benzene rings is 1. The number of hydrogen-bond donors (Lipinski definition) is 1. The highest BCUT2D eigenvalue weighted by Crippen LogP contribution is 2.30. The first-order valence-corrected chi connectivity index (χ1v) is 7.48. The number of rotatable bonds is 7. The first kappa shape index (κ1) is 16.1. The van der Waals surface area contributed by atoms with Crippen molar-refractivity contribution in [2.24, 2.45) is 0 Å². The second-order valence-electron chi connectivity index (χ2n) is 4.36. The first-order valence-electron chi connectivity index (χ1n) is 6.69. The molecule has 0 radical (unpaired) electrons. The van der Waals surface area contributed by atoms with Crippen LogP contribution in [0.2, 0.25) is 0 Å². The molecule has 1 aromatic carbocycles. The van der Waals surface area contributed by atoms with Gasteiger partial charge >= 0.3 is 0 Å². The molecule has 1 N–H and O–H groups in total. The van der Waals surface area contributed by atoms with Gasteiger partial charge in [-0.3, -0.25) is 0 Å². The summed E-state index contributed by atoms with van der Waals surface area (Å²) in [5, 5.41) is 3.58. The maximum Gasteiger partial charge on any atom is 0.124 e. The summed E-state index contributed by atoms with van der Waals surface area (Å²) in [5.74, 6) is 7.01. The molecule has 0 aliphatic rings. The third kappa shape index (κ3) is 5.26. The summed E-state index contributed by atoms with van der Waals surface area (Å²) in [7, 11) is 1.72. The number of methoxy groups -OCH3 is 1. The number of nitrogens with one attached hydrogen (secondary N) is 1. The molecule has 0 spiro atoms. The van der Waals surface area contributed by atoms with Gasteiger partial charge in [-0.05, 0) is 38.4 Å². The Kier molecular flexibility index (Phi) is 7.62. The molecule has 1 unspecified atom stereocenters. The van der Waals surface area contributed by atoms with Crippen LogP contribution in [-0.4, -0.2) is 13.7 Å². The van der Waals surface area contributed by atoms with E-state index in [1.807, 2.05) is 13.0 Å². The zero-order chi connectivity index (χ0) is 14.1. The second kappa shape index (κ2) is 9.01. The molecule has 0 aliphatic heterocycles. The predicted octanol–water partition coefficient (Wildman–Crippen LogP) is 4.30.